The van der Waals surface area contributed by atoms with Crippen molar-refractivity contribution >= 4 is 5.97 Å². The minimum absolute atomic E-state index is 0.151. The topological polar surface area (TPSA) is 49.8 Å². The molecular formula is C19H27NO3. The number of carboxylic acids is 1. The van der Waals surface area contributed by atoms with Gasteiger partial charge in [-0.3, -0.25) is 9.69 Å². The predicted octanol–water partition coefficient (Wildman–Crippen LogP) is 3.65. The molecule has 1 aromatic carbocycles. The van der Waals surface area contributed by atoms with Crippen molar-refractivity contribution in [3.05, 3.63) is 29.3 Å². The van der Waals surface area contributed by atoms with Gasteiger partial charge in [-0.1, -0.05) is 18.6 Å². The number of aliphatic carboxylic acids is 1. The van der Waals surface area contributed by atoms with E-state index < -0.39 is 5.97 Å². The summed E-state index contributed by atoms with van der Waals surface area (Å²) >= 11 is 0. The molecule has 0 bridgehead atoms. The summed E-state index contributed by atoms with van der Waals surface area (Å²) in [6, 6.07) is 6.27. The molecule has 2 aliphatic rings. The molecule has 1 N–H and O–H groups in total. The average Bonchev–Trinajstić information content (AvgIpc) is 3.38. The number of hydrogen-bond acceptors (Lipinski definition) is 3. The third kappa shape index (κ3) is 4.25. The molecule has 4 nitrogen and oxygen atoms in total. The first kappa shape index (κ1) is 16.3. The first-order chi connectivity index (χ1) is 11.2. The van der Waals surface area contributed by atoms with Crippen LogP contribution < -0.4 is 4.74 Å². The summed E-state index contributed by atoms with van der Waals surface area (Å²) in [5, 5.41) is 9.22. The van der Waals surface area contributed by atoms with Gasteiger partial charge in [-0.05, 0) is 62.2 Å². The first-order valence-corrected chi connectivity index (χ1v) is 8.78. The van der Waals surface area contributed by atoms with Crippen molar-refractivity contribution in [1.29, 1.82) is 0 Å². The largest absolute Gasteiger partial charge is 0.496 e. The van der Waals surface area contributed by atoms with Crippen molar-refractivity contribution in [2.45, 2.75) is 51.0 Å². The minimum Gasteiger partial charge on any atom is -0.496 e. The van der Waals surface area contributed by atoms with Crippen LogP contribution >= 0.6 is 0 Å². The van der Waals surface area contributed by atoms with E-state index in [0.29, 0.717) is 5.92 Å². The van der Waals surface area contributed by atoms with Gasteiger partial charge in [0.2, 0.25) is 0 Å². The fourth-order valence-corrected chi connectivity index (χ4v) is 3.75. The van der Waals surface area contributed by atoms with E-state index in [2.05, 4.69) is 17.0 Å². The van der Waals surface area contributed by atoms with Gasteiger partial charge < -0.3 is 9.84 Å². The number of hydrogen-bond donors (Lipinski definition) is 1. The number of piperidine rings is 1. The smallest absolute Gasteiger partial charge is 0.303 e. The lowest BCUT2D eigenvalue weighted by atomic mass is 9.89. The third-order valence-electron chi connectivity index (χ3n) is 5.16. The van der Waals surface area contributed by atoms with Crippen LogP contribution in [0.25, 0.3) is 0 Å². The monoisotopic (exact) mass is 317 g/mol. The van der Waals surface area contributed by atoms with Crippen LogP contribution in [0.3, 0.4) is 0 Å². The minimum atomic E-state index is -0.699. The second-order valence-electron chi connectivity index (χ2n) is 6.95. The van der Waals surface area contributed by atoms with E-state index in [1.807, 2.05) is 6.07 Å². The quantitative estimate of drug-likeness (QED) is 0.834. The van der Waals surface area contributed by atoms with E-state index in [9.17, 15) is 9.90 Å². The van der Waals surface area contributed by atoms with Crippen molar-refractivity contribution in [2.75, 3.05) is 20.2 Å². The number of nitrogens with zero attached hydrogens (tertiary/aromatic N) is 1. The van der Waals surface area contributed by atoms with Crippen molar-refractivity contribution in [1.82, 2.24) is 4.90 Å². The first-order valence-electron chi connectivity index (χ1n) is 8.78. The molecule has 1 saturated carbocycles. The van der Waals surface area contributed by atoms with Gasteiger partial charge in [0.05, 0.1) is 13.5 Å². The molecule has 4 heteroatoms. The second-order valence-corrected chi connectivity index (χ2v) is 6.95. The van der Waals surface area contributed by atoms with E-state index in [-0.39, 0.29) is 12.3 Å². The van der Waals surface area contributed by atoms with Gasteiger partial charge in [0.25, 0.3) is 0 Å². The van der Waals surface area contributed by atoms with Gasteiger partial charge in [0.15, 0.2) is 0 Å². The lowest BCUT2D eigenvalue weighted by Crippen LogP contribution is -2.29. The standard InChI is InChI=1S/C19H27NO3/c1-23-18-8-7-15(17(12-19(21)22)14-5-6-14)11-16(18)13-20-9-3-2-4-10-20/h7-8,11,14,17H,2-6,9-10,12-13H2,1H3,(H,21,22). The maximum Gasteiger partial charge on any atom is 0.303 e. The molecule has 1 aromatic rings. The summed E-state index contributed by atoms with van der Waals surface area (Å²) in [6.45, 7) is 3.20. The van der Waals surface area contributed by atoms with Crippen LogP contribution in [0.1, 0.15) is 55.6 Å². The molecule has 1 aliphatic heterocycles. The molecule has 1 heterocycles. The number of ether oxygens (including phenoxy) is 1. The Bertz CT molecular complexity index is 548. The van der Waals surface area contributed by atoms with Crippen LogP contribution in [0.5, 0.6) is 5.75 Å². The van der Waals surface area contributed by atoms with Crippen LogP contribution in [0.4, 0.5) is 0 Å². The third-order valence-corrected chi connectivity index (χ3v) is 5.16. The van der Waals surface area contributed by atoms with E-state index in [4.69, 9.17) is 4.74 Å². The highest BCUT2D eigenvalue weighted by Gasteiger charge is 2.34. The molecule has 0 spiro atoms. The normalized spacial score (nSPS) is 20.2. The Labute approximate surface area is 138 Å². The lowest BCUT2D eigenvalue weighted by molar-refractivity contribution is -0.137. The molecule has 0 aromatic heterocycles. The van der Waals surface area contributed by atoms with Crippen LogP contribution in [0, 0.1) is 5.92 Å². The van der Waals surface area contributed by atoms with Gasteiger partial charge in [0.1, 0.15) is 5.75 Å². The molecule has 1 saturated heterocycles. The second kappa shape index (κ2) is 7.35. The molecule has 1 aliphatic carbocycles. The number of benzene rings is 1. The van der Waals surface area contributed by atoms with Gasteiger partial charge >= 0.3 is 5.97 Å². The number of methoxy groups -OCH3 is 1. The average molecular weight is 317 g/mol. The SMILES string of the molecule is COc1ccc(C(CC(=O)O)C2CC2)cc1CN1CCCCC1. The Kier molecular flexibility index (Phi) is 5.21. The summed E-state index contributed by atoms with van der Waals surface area (Å²) in [6.07, 6.45) is 6.42. The Morgan fingerprint density at radius 1 is 1.30 bits per heavy atom. The van der Waals surface area contributed by atoms with Crippen LogP contribution in [0.2, 0.25) is 0 Å². The Morgan fingerprint density at radius 2 is 2.04 bits per heavy atom. The van der Waals surface area contributed by atoms with Crippen LogP contribution in [0.15, 0.2) is 18.2 Å². The molecule has 23 heavy (non-hydrogen) atoms. The molecule has 1 unspecified atom stereocenters. The van der Waals surface area contributed by atoms with Crippen LogP contribution in [-0.4, -0.2) is 36.2 Å². The zero-order valence-corrected chi connectivity index (χ0v) is 14.0. The Hall–Kier alpha value is -1.55. The van der Waals surface area contributed by atoms with E-state index >= 15 is 0 Å². The summed E-state index contributed by atoms with van der Waals surface area (Å²) in [7, 11) is 1.71. The van der Waals surface area contributed by atoms with Gasteiger partial charge in [-0.2, -0.15) is 0 Å². The number of rotatable bonds is 7. The zero-order chi connectivity index (χ0) is 16.2. The highest BCUT2D eigenvalue weighted by molar-refractivity contribution is 5.68. The number of likely N-dealkylation sites (tertiary alicyclic amines) is 1. The Balaban J connectivity index is 1.80. The molecule has 1 atom stereocenters. The molecular weight excluding hydrogens is 290 g/mol. The van der Waals surface area contributed by atoms with Gasteiger partial charge in [0, 0.05) is 12.1 Å². The lowest BCUT2D eigenvalue weighted by Gasteiger charge is -2.27. The van der Waals surface area contributed by atoms with Crippen molar-refractivity contribution in [3.8, 4) is 5.75 Å². The molecule has 2 fully saturated rings. The van der Waals surface area contributed by atoms with Crippen molar-refractivity contribution < 1.29 is 14.6 Å². The van der Waals surface area contributed by atoms with Gasteiger partial charge in [-0.15, -0.1) is 0 Å². The fourth-order valence-electron chi connectivity index (χ4n) is 3.75. The highest BCUT2D eigenvalue weighted by atomic mass is 16.5. The Morgan fingerprint density at radius 3 is 2.65 bits per heavy atom. The summed E-state index contributed by atoms with van der Waals surface area (Å²) in [5.74, 6) is 0.917. The summed E-state index contributed by atoms with van der Waals surface area (Å²) < 4.78 is 5.54. The number of carbonyl (C=O) groups is 1. The maximum atomic E-state index is 11.2. The highest BCUT2D eigenvalue weighted by Crippen LogP contribution is 2.45. The molecule has 3 rings (SSSR count). The van der Waals surface area contributed by atoms with E-state index in [1.165, 1.54) is 30.4 Å². The molecule has 126 valence electrons. The molecule has 0 radical (unpaired) electrons. The molecule has 0 amide bonds. The fraction of sp³-hybridized carbons (Fsp3) is 0.632. The van der Waals surface area contributed by atoms with E-state index in [1.54, 1.807) is 7.11 Å². The van der Waals surface area contributed by atoms with Crippen molar-refractivity contribution in [2.24, 2.45) is 5.92 Å². The zero-order valence-electron chi connectivity index (χ0n) is 14.0. The number of carboxylic acid groups (broad SMARTS) is 1. The van der Waals surface area contributed by atoms with Crippen LogP contribution in [-0.2, 0) is 11.3 Å². The van der Waals surface area contributed by atoms with Crippen molar-refractivity contribution in [3.63, 3.8) is 0 Å². The van der Waals surface area contributed by atoms with Gasteiger partial charge in [-0.25, -0.2) is 0 Å². The summed E-state index contributed by atoms with van der Waals surface area (Å²) in [4.78, 5) is 13.7. The summed E-state index contributed by atoms with van der Waals surface area (Å²) in [5.41, 5.74) is 2.37. The predicted molar refractivity (Wildman–Crippen MR) is 89.8 cm³/mol. The van der Waals surface area contributed by atoms with E-state index in [0.717, 1.165) is 38.2 Å². The maximum absolute atomic E-state index is 11.2.